The summed E-state index contributed by atoms with van der Waals surface area (Å²) in [5.74, 6) is 0.108. The Balaban J connectivity index is 1.87. The lowest BCUT2D eigenvalue weighted by Crippen LogP contribution is -2.46. The molecular weight excluding hydrogens is 238 g/mol. The molecule has 1 aromatic carbocycles. The molecule has 0 heterocycles. The van der Waals surface area contributed by atoms with Crippen molar-refractivity contribution in [1.29, 1.82) is 0 Å². The van der Waals surface area contributed by atoms with Gasteiger partial charge in [0.2, 0.25) is 0 Å². The average molecular weight is 261 g/mol. The zero-order valence-electron chi connectivity index (χ0n) is 11.5. The molecule has 0 radical (unpaired) electrons. The van der Waals surface area contributed by atoms with Gasteiger partial charge in [-0.05, 0) is 37.2 Å². The van der Waals surface area contributed by atoms with Gasteiger partial charge in [0.1, 0.15) is 0 Å². The van der Waals surface area contributed by atoms with E-state index in [1.807, 2.05) is 18.2 Å². The van der Waals surface area contributed by atoms with Crippen LogP contribution in [0.2, 0.25) is 0 Å². The van der Waals surface area contributed by atoms with E-state index in [0.717, 1.165) is 12.3 Å². The first-order chi connectivity index (χ1) is 9.13. The van der Waals surface area contributed by atoms with E-state index in [-0.39, 0.29) is 12.5 Å². The minimum atomic E-state index is -0.707. The summed E-state index contributed by atoms with van der Waals surface area (Å²) >= 11 is 0. The number of aliphatic carboxylic acids is 1. The topological polar surface area (TPSA) is 49.3 Å². The van der Waals surface area contributed by atoms with E-state index >= 15 is 0 Å². The standard InChI is InChI=1S/C16H23NO2/c1-12-9-15(10-12)17-14(7-8-16(18)19)11-13-5-3-2-4-6-13/h2-6,12,14-15,17H,7-11H2,1H3,(H,18,19). The smallest absolute Gasteiger partial charge is 0.303 e. The Morgan fingerprint density at radius 3 is 2.63 bits per heavy atom. The molecule has 1 aliphatic carbocycles. The molecule has 0 aliphatic heterocycles. The van der Waals surface area contributed by atoms with Crippen LogP contribution in [0.25, 0.3) is 0 Å². The van der Waals surface area contributed by atoms with Crippen LogP contribution < -0.4 is 5.32 Å². The third-order valence-electron chi connectivity index (χ3n) is 3.88. The second-order valence-electron chi connectivity index (χ2n) is 5.76. The predicted molar refractivity (Wildman–Crippen MR) is 76.1 cm³/mol. The van der Waals surface area contributed by atoms with Crippen LogP contribution in [0.1, 0.15) is 38.2 Å². The summed E-state index contributed by atoms with van der Waals surface area (Å²) in [6, 6.07) is 11.2. The van der Waals surface area contributed by atoms with Crippen LogP contribution >= 0.6 is 0 Å². The third-order valence-corrected chi connectivity index (χ3v) is 3.88. The van der Waals surface area contributed by atoms with Gasteiger partial charge in [0, 0.05) is 18.5 Å². The molecule has 3 nitrogen and oxygen atoms in total. The number of carboxylic acid groups (broad SMARTS) is 1. The normalized spacial score (nSPS) is 23.6. The second kappa shape index (κ2) is 6.71. The minimum Gasteiger partial charge on any atom is -0.481 e. The first-order valence-corrected chi connectivity index (χ1v) is 7.15. The highest BCUT2D eigenvalue weighted by Gasteiger charge is 2.27. The largest absolute Gasteiger partial charge is 0.481 e. The van der Waals surface area contributed by atoms with Crippen LogP contribution in [0.15, 0.2) is 30.3 Å². The fourth-order valence-corrected chi connectivity index (χ4v) is 2.81. The van der Waals surface area contributed by atoms with Crippen molar-refractivity contribution in [2.75, 3.05) is 0 Å². The Hall–Kier alpha value is -1.35. The monoisotopic (exact) mass is 261 g/mol. The lowest BCUT2D eigenvalue weighted by Gasteiger charge is -2.36. The zero-order chi connectivity index (χ0) is 13.7. The number of nitrogens with one attached hydrogen (secondary N) is 1. The highest BCUT2D eigenvalue weighted by atomic mass is 16.4. The van der Waals surface area contributed by atoms with Crippen molar-refractivity contribution < 1.29 is 9.90 Å². The van der Waals surface area contributed by atoms with Crippen LogP contribution in [0, 0.1) is 5.92 Å². The van der Waals surface area contributed by atoms with E-state index < -0.39 is 5.97 Å². The van der Waals surface area contributed by atoms with E-state index in [2.05, 4.69) is 24.4 Å². The lowest BCUT2D eigenvalue weighted by molar-refractivity contribution is -0.137. The number of carboxylic acids is 1. The molecule has 1 unspecified atom stereocenters. The molecule has 0 spiro atoms. The van der Waals surface area contributed by atoms with Gasteiger partial charge in [0.05, 0.1) is 0 Å². The van der Waals surface area contributed by atoms with Crippen molar-refractivity contribution in [2.45, 2.75) is 51.1 Å². The van der Waals surface area contributed by atoms with Gasteiger partial charge in [-0.25, -0.2) is 0 Å². The summed E-state index contributed by atoms with van der Waals surface area (Å²) < 4.78 is 0. The third kappa shape index (κ3) is 4.67. The summed E-state index contributed by atoms with van der Waals surface area (Å²) in [6.45, 7) is 2.27. The summed E-state index contributed by atoms with van der Waals surface area (Å²) in [7, 11) is 0. The van der Waals surface area contributed by atoms with Crippen molar-refractivity contribution in [3.63, 3.8) is 0 Å². The summed E-state index contributed by atoms with van der Waals surface area (Å²) in [4.78, 5) is 10.7. The fraction of sp³-hybridized carbons (Fsp3) is 0.562. The van der Waals surface area contributed by atoms with Crippen LogP contribution in [-0.2, 0) is 11.2 Å². The van der Waals surface area contributed by atoms with Crippen LogP contribution in [0.3, 0.4) is 0 Å². The molecule has 1 aliphatic rings. The maximum absolute atomic E-state index is 10.7. The number of rotatable bonds is 7. The minimum absolute atomic E-state index is 0.243. The predicted octanol–water partition coefficient (Wildman–Crippen LogP) is 2.85. The van der Waals surface area contributed by atoms with Gasteiger partial charge in [-0.15, -0.1) is 0 Å². The van der Waals surface area contributed by atoms with Crippen LogP contribution in [0.5, 0.6) is 0 Å². The van der Waals surface area contributed by atoms with Crippen molar-refractivity contribution in [1.82, 2.24) is 5.32 Å². The van der Waals surface area contributed by atoms with Gasteiger partial charge in [-0.2, -0.15) is 0 Å². The van der Waals surface area contributed by atoms with Crippen molar-refractivity contribution in [3.8, 4) is 0 Å². The summed E-state index contributed by atoms with van der Waals surface area (Å²) in [6.07, 6.45) is 4.30. The molecule has 1 saturated carbocycles. The summed E-state index contributed by atoms with van der Waals surface area (Å²) in [5, 5.41) is 12.5. The Morgan fingerprint density at radius 1 is 1.37 bits per heavy atom. The highest BCUT2D eigenvalue weighted by molar-refractivity contribution is 5.66. The van der Waals surface area contributed by atoms with Crippen LogP contribution in [0.4, 0.5) is 0 Å². The fourth-order valence-electron chi connectivity index (χ4n) is 2.81. The van der Waals surface area contributed by atoms with E-state index in [1.54, 1.807) is 0 Å². The maximum atomic E-state index is 10.7. The van der Waals surface area contributed by atoms with Gasteiger partial charge >= 0.3 is 5.97 Å². The molecule has 3 heteroatoms. The molecule has 2 N–H and O–H groups in total. The average Bonchev–Trinajstić information content (AvgIpc) is 2.35. The van der Waals surface area contributed by atoms with E-state index in [0.29, 0.717) is 12.5 Å². The van der Waals surface area contributed by atoms with E-state index in [4.69, 9.17) is 5.11 Å². The molecule has 2 rings (SSSR count). The second-order valence-corrected chi connectivity index (χ2v) is 5.76. The van der Waals surface area contributed by atoms with Gasteiger partial charge in [-0.3, -0.25) is 4.79 Å². The maximum Gasteiger partial charge on any atom is 0.303 e. The van der Waals surface area contributed by atoms with Gasteiger partial charge in [0.25, 0.3) is 0 Å². The molecule has 19 heavy (non-hydrogen) atoms. The Bertz CT molecular complexity index is 398. The Labute approximate surface area is 115 Å². The highest BCUT2D eigenvalue weighted by Crippen LogP contribution is 2.27. The van der Waals surface area contributed by atoms with E-state index in [1.165, 1.54) is 18.4 Å². The number of hydrogen-bond donors (Lipinski definition) is 2. The van der Waals surface area contributed by atoms with Crippen molar-refractivity contribution >= 4 is 5.97 Å². The molecule has 0 bridgehead atoms. The lowest BCUT2D eigenvalue weighted by atomic mass is 9.81. The first kappa shape index (κ1) is 14.1. The van der Waals surface area contributed by atoms with Gasteiger partial charge < -0.3 is 10.4 Å². The van der Waals surface area contributed by atoms with E-state index in [9.17, 15) is 4.79 Å². The molecule has 0 saturated heterocycles. The zero-order valence-corrected chi connectivity index (χ0v) is 11.5. The quantitative estimate of drug-likeness (QED) is 0.793. The Morgan fingerprint density at radius 2 is 2.05 bits per heavy atom. The number of benzene rings is 1. The first-order valence-electron chi connectivity index (χ1n) is 7.15. The SMILES string of the molecule is CC1CC(NC(CCC(=O)O)Cc2ccccc2)C1. The summed E-state index contributed by atoms with van der Waals surface area (Å²) in [5.41, 5.74) is 1.28. The molecule has 1 atom stereocenters. The molecule has 104 valence electrons. The Kier molecular flexibility index (Phi) is 4.97. The van der Waals surface area contributed by atoms with Gasteiger partial charge in [0.15, 0.2) is 0 Å². The molecular formula is C16H23NO2. The molecule has 1 fully saturated rings. The van der Waals surface area contributed by atoms with Crippen molar-refractivity contribution in [3.05, 3.63) is 35.9 Å². The molecule has 0 amide bonds. The number of carbonyl (C=O) groups is 1. The van der Waals surface area contributed by atoms with Gasteiger partial charge in [-0.1, -0.05) is 37.3 Å². The molecule has 0 aromatic heterocycles. The van der Waals surface area contributed by atoms with Crippen LogP contribution in [-0.4, -0.2) is 23.2 Å². The van der Waals surface area contributed by atoms with Crippen molar-refractivity contribution in [2.24, 2.45) is 5.92 Å². The molecule has 1 aromatic rings. The number of hydrogen-bond acceptors (Lipinski definition) is 2.